The monoisotopic (exact) mass is 439 g/mol. The van der Waals surface area contributed by atoms with Crippen molar-refractivity contribution in [2.24, 2.45) is 11.8 Å². The zero-order chi connectivity index (χ0) is 21.9. The molecule has 10 nitrogen and oxygen atoms in total. The van der Waals surface area contributed by atoms with Crippen LogP contribution in [0.3, 0.4) is 0 Å². The number of rotatable bonds is 7. The van der Waals surface area contributed by atoms with Gasteiger partial charge in [0.25, 0.3) is 5.91 Å². The Morgan fingerprint density at radius 3 is 2.72 bits per heavy atom. The Hall–Kier alpha value is -3.14. The molecule has 0 bridgehead atoms. The van der Waals surface area contributed by atoms with Gasteiger partial charge >= 0.3 is 6.03 Å². The fourth-order valence-corrected chi connectivity index (χ4v) is 4.09. The van der Waals surface area contributed by atoms with Gasteiger partial charge in [-0.3, -0.25) is 10.1 Å². The third kappa shape index (κ3) is 4.85. The number of fused-ring (bicyclic) bond motifs is 1. The average Bonchev–Trinajstić information content (AvgIpc) is 3.42. The van der Waals surface area contributed by atoms with Gasteiger partial charge in [-0.25, -0.2) is 9.78 Å². The van der Waals surface area contributed by atoms with Gasteiger partial charge in [0, 0.05) is 37.9 Å². The molecule has 0 aromatic carbocycles. The third-order valence-corrected chi connectivity index (χ3v) is 6.18. The zero-order valence-electron chi connectivity index (χ0n) is 18.0. The molecule has 4 heterocycles. The van der Waals surface area contributed by atoms with E-state index in [1.807, 2.05) is 6.07 Å². The molecule has 1 atom stereocenters. The van der Waals surface area contributed by atoms with Gasteiger partial charge in [0.1, 0.15) is 17.3 Å². The molecular formula is C22H29N7O3. The first kappa shape index (κ1) is 20.7. The fourth-order valence-electron chi connectivity index (χ4n) is 4.09. The van der Waals surface area contributed by atoms with Crippen LogP contribution in [0.15, 0.2) is 18.0 Å². The van der Waals surface area contributed by atoms with Crippen molar-refractivity contribution in [1.29, 1.82) is 0 Å². The van der Waals surface area contributed by atoms with Gasteiger partial charge in [0.15, 0.2) is 5.65 Å². The molecule has 0 radical (unpaired) electrons. The lowest BCUT2D eigenvalue weighted by molar-refractivity contribution is -0.115. The number of hydrogen-bond donors (Lipinski definition) is 4. The second-order valence-corrected chi connectivity index (χ2v) is 8.80. The number of carbonyl (C=O) groups is 2. The Bertz CT molecular complexity index is 1040. The number of ether oxygens (including phenoxy) is 1. The predicted molar refractivity (Wildman–Crippen MR) is 120 cm³/mol. The van der Waals surface area contributed by atoms with E-state index >= 15 is 0 Å². The van der Waals surface area contributed by atoms with Gasteiger partial charge in [0.05, 0.1) is 6.20 Å². The maximum absolute atomic E-state index is 12.0. The highest BCUT2D eigenvalue weighted by Gasteiger charge is 2.24. The van der Waals surface area contributed by atoms with E-state index in [1.165, 1.54) is 25.7 Å². The lowest BCUT2D eigenvalue weighted by Crippen LogP contribution is -2.22. The number of aromatic nitrogens is 3. The maximum atomic E-state index is 12.0. The topological polar surface area (TPSA) is 122 Å². The lowest BCUT2D eigenvalue weighted by atomic mass is 9.98. The van der Waals surface area contributed by atoms with Crippen molar-refractivity contribution in [3.63, 3.8) is 0 Å². The van der Waals surface area contributed by atoms with Gasteiger partial charge in [-0.15, -0.1) is 0 Å². The van der Waals surface area contributed by atoms with E-state index in [1.54, 1.807) is 16.8 Å². The molecule has 1 saturated carbocycles. The summed E-state index contributed by atoms with van der Waals surface area (Å²) in [7, 11) is 0. The Kier molecular flexibility index (Phi) is 5.93. The highest BCUT2D eigenvalue weighted by Crippen LogP contribution is 2.30. The SMILES string of the molecule is O=C1NC(=O)/C(=C/c2cnn3c(NCC4CC4)cc(NC[C@H]4CCCCOCC4)nc23)N1. The first-order chi connectivity index (χ1) is 15.7. The van der Waals surface area contributed by atoms with E-state index in [4.69, 9.17) is 9.72 Å². The van der Waals surface area contributed by atoms with E-state index in [2.05, 4.69) is 26.4 Å². The Morgan fingerprint density at radius 2 is 1.91 bits per heavy atom. The van der Waals surface area contributed by atoms with Crippen LogP contribution >= 0.6 is 0 Å². The van der Waals surface area contributed by atoms with E-state index in [0.717, 1.165) is 50.8 Å². The zero-order valence-corrected chi connectivity index (χ0v) is 18.0. The third-order valence-electron chi connectivity index (χ3n) is 6.18. The summed E-state index contributed by atoms with van der Waals surface area (Å²) in [5.74, 6) is 2.41. The van der Waals surface area contributed by atoms with Gasteiger partial charge in [-0.05, 0) is 50.0 Å². The van der Waals surface area contributed by atoms with Crippen LogP contribution < -0.4 is 21.3 Å². The summed E-state index contributed by atoms with van der Waals surface area (Å²) in [6.45, 7) is 3.40. The second-order valence-electron chi connectivity index (χ2n) is 8.80. The fraction of sp³-hybridized carbons (Fsp3) is 0.545. The molecule has 5 rings (SSSR count). The van der Waals surface area contributed by atoms with Gasteiger partial charge in [-0.2, -0.15) is 9.61 Å². The van der Waals surface area contributed by atoms with Crippen LogP contribution in [0.4, 0.5) is 16.4 Å². The largest absolute Gasteiger partial charge is 0.381 e. The van der Waals surface area contributed by atoms with Crippen molar-refractivity contribution in [2.45, 2.75) is 38.5 Å². The summed E-state index contributed by atoms with van der Waals surface area (Å²) in [6.07, 6.45) is 10.3. The molecule has 2 aromatic rings. The number of hydrogen-bond acceptors (Lipinski definition) is 7. The van der Waals surface area contributed by atoms with Crippen molar-refractivity contribution >= 4 is 35.3 Å². The molecule has 3 aliphatic rings. The first-order valence-electron chi connectivity index (χ1n) is 11.4. The summed E-state index contributed by atoms with van der Waals surface area (Å²) in [4.78, 5) is 28.2. The molecule has 3 amide bonds. The summed E-state index contributed by atoms with van der Waals surface area (Å²) in [6, 6.07) is 1.46. The molecule has 2 aromatic heterocycles. The lowest BCUT2D eigenvalue weighted by Gasteiger charge is -2.21. The molecule has 4 N–H and O–H groups in total. The van der Waals surface area contributed by atoms with E-state index in [9.17, 15) is 9.59 Å². The smallest absolute Gasteiger partial charge is 0.326 e. The van der Waals surface area contributed by atoms with Crippen LogP contribution in [0, 0.1) is 11.8 Å². The molecular weight excluding hydrogens is 410 g/mol. The molecule has 0 unspecified atom stereocenters. The molecule has 2 saturated heterocycles. The molecule has 3 fully saturated rings. The summed E-state index contributed by atoms with van der Waals surface area (Å²) in [5.41, 5.74) is 1.47. The first-order valence-corrected chi connectivity index (χ1v) is 11.4. The molecule has 170 valence electrons. The molecule has 32 heavy (non-hydrogen) atoms. The van der Waals surface area contributed by atoms with E-state index in [-0.39, 0.29) is 5.70 Å². The van der Waals surface area contributed by atoms with Crippen molar-refractivity contribution in [3.8, 4) is 0 Å². The number of nitrogens with one attached hydrogen (secondary N) is 4. The highest BCUT2D eigenvalue weighted by molar-refractivity contribution is 6.14. The van der Waals surface area contributed by atoms with E-state index < -0.39 is 11.9 Å². The normalized spacial score (nSPS) is 23.0. The highest BCUT2D eigenvalue weighted by atomic mass is 16.5. The Morgan fingerprint density at radius 1 is 1.06 bits per heavy atom. The van der Waals surface area contributed by atoms with Crippen molar-refractivity contribution in [1.82, 2.24) is 25.2 Å². The standard InChI is InChI=1S/C22H29N7O3/c30-21-17(26-22(31)28-21)9-16-13-25-29-19(24-12-15-4-5-15)10-18(27-20(16)29)23-11-14-3-1-2-7-32-8-6-14/h9-10,13-15,24H,1-8,11-12H2,(H,23,27)(H2,26,28,30,31)/b17-9-/t14-/m0/s1. The summed E-state index contributed by atoms with van der Waals surface area (Å²) in [5, 5.41) is 16.2. The van der Waals surface area contributed by atoms with Crippen LogP contribution in [0.5, 0.6) is 0 Å². The predicted octanol–water partition coefficient (Wildman–Crippen LogP) is 2.35. The number of urea groups is 1. The average molecular weight is 440 g/mol. The molecule has 2 aliphatic heterocycles. The minimum absolute atomic E-state index is 0.187. The molecule has 10 heteroatoms. The summed E-state index contributed by atoms with van der Waals surface area (Å²) >= 11 is 0. The number of imide groups is 1. The van der Waals surface area contributed by atoms with Crippen LogP contribution in [0.1, 0.15) is 44.1 Å². The number of nitrogens with zero attached hydrogens (tertiary/aromatic N) is 3. The van der Waals surface area contributed by atoms with E-state index in [0.29, 0.717) is 23.0 Å². The van der Waals surface area contributed by atoms with Crippen LogP contribution in [-0.2, 0) is 9.53 Å². The van der Waals surface area contributed by atoms with Gasteiger partial charge < -0.3 is 20.7 Å². The van der Waals surface area contributed by atoms with Crippen LogP contribution in [0.2, 0.25) is 0 Å². The minimum Gasteiger partial charge on any atom is -0.381 e. The number of carbonyl (C=O) groups excluding carboxylic acids is 2. The van der Waals surface area contributed by atoms with Gasteiger partial charge in [0.2, 0.25) is 0 Å². The number of amides is 3. The molecule has 1 aliphatic carbocycles. The van der Waals surface area contributed by atoms with Crippen LogP contribution in [0.25, 0.3) is 11.7 Å². The van der Waals surface area contributed by atoms with Crippen LogP contribution in [-0.4, -0.2) is 52.8 Å². The minimum atomic E-state index is -0.525. The second kappa shape index (κ2) is 9.15. The quantitative estimate of drug-likeness (QED) is 0.386. The summed E-state index contributed by atoms with van der Waals surface area (Å²) < 4.78 is 7.39. The Balaban J connectivity index is 1.40. The van der Waals surface area contributed by atoms with Crippen molar-refractivity contribution in [3.05, 3.63) is 23.5 Å². The Labute approximate surface area is 186 Å². The maximum Gasteiger partial charge on any atom is 0.326 e. The number of anilines is 2. The molecule has 0 spiro atoms. The van der Waals surface area contributed by atoms with Crippen molar-refractivity contribution < 1.29 is 14.3 Å². The van der Waals surface area contributed by atoms with Crippen molar-refractivity contribution in [2.75, 3.05) is 36.9 Å². The van der Waals surface area contributed by atoms with Gasteiger partial charge in [-0.1, -0.05) is 6.42 Å².